The average molecular weight is 457 g/mol. The summed E-state index contributed by atoms with van der Waals surface area (Å²) in [6.07, 6.45) is 6.40. The molecule has 7 nitrogen and oxygen atoms in total. The van der Waals surface area contributed by atoms with Crippen LogP contribution >= 0.6 is 0 Å². The number of benzene rings is 1. The number of nitrogens with zero attached hydrogens (tertiary/aromatic N) is 4. The van der Waals surface area contributed by atoms with Crippen molar-refractivity contribution in [2.75, 3.05) is 32.7 Å². The highest BCUT2D eigenvalue weighted by Gasteiger charge is 2.32. The molecule has 1 aromatic heterocycles. The van der Waals surface area contributed by atoms with Crippen LogP contribution in [-0.4, -0.2) is 72.2 Å². The minimum atomic E-state index is -3.61. The van der Waals surface area contributed by atoms with Crippen molar-refractivity contribution < 1.29 is 13.2 Å². The zero-order valence-corrected chi connectivity index (χ0v) is 19.7. The van der Waals surface area contributed by atoms with Gasteiger partial charge in [0.25, 0.3) is 5.91 Å². The van der Waals surface area contributed by atoms with Crippen molar-refractivity contribution in [3.05, 3.63) is 59.4 Å². The molecule has 0 bridgehead atoms. The standard InChI is InChI=1S/C24H32N4O3S/c1-19-6-7-22(32(30,31)28-12-4-3-5-20(28)2)17-23(19)24(29)27-15-13-26(14-16-27)18-21-8-10-25-11-9-21/h6-11,17,20H,3-5,12-16,18H2,1-2H3. The minimum absolute atomic E-state index is 0.0114. The quantitative estimate of drug-likeness (QED) is 0.692. The Morgan fingerprint density at radius 1 is 1.03 bits per heavy atom. The van der Waals surface area contributed by atoms with Gasteiger partial charge in [-0.05, 0) is 62.1 Å². The molecule has 0 spiro atoms. The van der Waals surface area contributed by atoms with E-state index in [2.05, 4.69) is 9.88 Å². The number of amides is 1. The van der Waals surface area contributed by atoms with Gasteiger partial charge in [0, 0.05) is 63.3 Å². The highest BCUT2D eigenvalue weighted by atomic mass is 32.2. The number of pyridine rings is 1. The monoisotopic (exact) mass is 456 g/mol. The molecule has 3 heterocycles. The number of aryl methyl sites for hydroxylation is 1. The molecule has 0 N–H and O–H groups in total. The zero-order chi connectivity index (χ0) is 22.7. The summed E-state index contributed by atoms with van der Waals surface area (Å²) in [6.45, 7) is 8.04. The van der Waals surface area contributed by atoms with Crippen LogP contribution in [-0.2, 0) is 16.6 Å². The second-order valence-corrected chi connectivity index (χ2v) is 10.8. The largest absolute Gasteiger partial charge is 0.336 e. The van der Waals surface area contributed by atoms with Crippen molar-refractivity contribution in [2.45, 2.75) is 50.6 Å². The maximum absolute atomic E-state index is 13.3. The van der Waals surface area contributed by atoms with Gasteiger partial charge in [0.15, 0.2) is 0 Å². The minimum Gasteiger partial charge on any atom is -0.336 e. The number of piperidine rings is 1. The summed E-state index contributed by atoms with van der Waals surface area (Å²) >= 11 is 0. The second kappa shape index (κ2) is 9.68. The first-order valence-electron chi connectivity index (χ1n) is 11.4. The van der Waals surface area contributed by atoms with E-state index in [1.165, 1.54) is 5.56 Å². The van der Waals surface area contributed by atoms with Gasteiger partial charge in [-0.1, -0.05) is 12.5 Å². The lowest BCUT2D eigenvalue weighted by molar-refractivity contribution is 0.0627. The van der Waals surface area contributed by atoms with E-state index in [1.807, 2.05) is 30.9 Å². The fourth-order valence-electron chi connectivity index (χ4n) is 4.58. The zero-order valence-electron chi connectivity index (χ0n) is 18.9. The van der Waals surface area contributed by atoms with E-state index in [4.69, 9.17) is 0 Å². The van der Waals surface area contributed by atoms with Crippen LogP contribution in [0.4, 0.5) is 0 Å². The number of piperazine rings is 1. The Morgan fingerprint density at radius 3 is 2.44 bits per heavy atom. The van der Waals surface area contributed by atoms with Crippen LogP contribution in [0.25, 0.3) is 0 Å². The van der Waals surface area contributed by atoms with Gasteiger partial charge in [0.1, 0.15) is 0 Å². The van der Waals surface area contributed by atoms with Gasteiger partial charge >= 0.3 is 0 Å². The molecule has 2 aliphatic heterocycles. The molecule has 0 aliphatic carbocycles. The highest BCUT2D eigenvalue weighted by molar-refractivity contribution is 7.89. The number of carbonyl (C=O) groups excluding carboxylic acids is 1. The van der Waals surface area contributed by atoms with Crippen LogP contribution in [0.3, 0.4) is 0 Å². The maximum Gasteiger partial charge on any atom is 0.254 e. The Hall–Kier alpha value is -2.29. The number of sulfonamides is 1. The summed E-state index contributed by atoms with van der Waals surface area (Å²) in [4.78, 5) is 21.7. The van der Waals surface area contributed by atoms with Gasteiger partial charge in [0.2, 0.25) is 10.0 Å². The Labute approximate surface area is 191 Å². The van der Waals surface area contributed by atoms with Crippen molar-refractivity contribution in [2.24, 2.45) is 0 Å². The predicted octanol–water partition coefficient (Wildman–Crippen LogP) is 2.91. The fourth-order valence-corrected chi connectivity index (χ4v) is 6.31. The first-order valence-corrected chi connectivity index (χ1v) is 12.8. The molecule has 4 rings (SSSR count). The van der Waals surface area contributed by atoms with E-state index in [9.17, 15) is 13.2 Å². The third-order valence-electron chi connectivity index (χ3n) is 6.60. The van der Waals surface area contributed by atoms with Crippen LogP contribution in [0.15, 0.2) is 47.6 Å². The molecule has 2 saturated heterocycles. The summed E-state index contributed by atoms with van der Waals surface area (Å²) in [6, 6.07) is 8.98. The summed E-state index contributed by atoms with van der Waals surface area (Å²) < 4.78 is 28.1. The fraction of sp³-hybridized carbons (Fsp3) is 0.500. The summed E-state index contributed by atoms with van der Waals surface area (Å²) in [5.41, 5.74) is 2.50. The normalized spacial score (nSPS) is 20.9. The lowest BCUT2D eigenvalue weighted by Crippen LogP contribution is -2.48. The van der Waals surface area contributed by atoms with E-state index in [0.29, 0.717) is 25.2 Å². The first kappa shape index (κ1) is 22.9. The van der Waals surface area contributed by atoms with E-state index in [1.54, 1.807) is 34.9 Å². The third-order valence-corrected chi connectivity index (χ3v) is 8.61. The summed E-state index contributed by atoms with van der Waals surface area (Å²) in [7, 11) is -3.61. The van der Waals surface area contributed by atoms with E-state index < -0.39 is 10.0 Å². The van der Waals surface area contributed by atoms with Crippen LogP contribution in [0.5, 0.6) is 0 Å². The lowest BCUT2D eigenvalue weighted by atomic mass is 10.1. The lowest BCUT2D eigenvalue weighted by Gasteiger charge is -2.35. The first-order chi connectivity index (χ1) is 15.4. The molecule has 8 heteroatoms. The van der Waals surface area contributed by atoms with Gasteiger partial charge in [-0.2, -0.15) is 4.31 Å². The van der Waals surface area contributed by atoms with Crippen molar-refractivity contribution in [3.8, 4) is 0 Å². The van der Waals surface area contributed by atoms with Crippen LogP contribution < -0.4 is 0 Å². The SMILES string of the molecule is Cc1ccc(S(=O)(=O)N2CCCCC2C)cc1C(=O)N1CCN(Cc2ccncc2)CC1. The van der Waals surface area contributed by atoms with E-state index in [-0.39, 0.29) is 16.8 Å². The molecule has 0 radical (unpaired) electrons. The number of hydrogen-bond donors (Lipinski definition) is 0. The molecule has 1 unspecified atom stereocenters. The summed E-state index contributed by atoms with van der Waals surface area (Å²) in [5, 5.41) is 0. The van der Waals surface area contributed by atoms with Crippen LogP contribution in [0, 0.1) is 6.92 Å². The van der Waals surface area contributed by atoms with Gasteiger partial charge in [-0.15, -0.1) is 0 Å². The number of rotatable bonds is 5. The molecular weight excluding hydrogens is 424 g/mol. The molecule has 1 aromatic carbocycles. The van der Waals surface area contributed by atoms with Crippen molar-refractivity contribution >= 4 is 15.9 Å². The van der Waals surface area contributed by atoms with E-state index in [0.717, 1.165) is 44.5 Å². The molecule has 1 atom stereocenters. The van der Waals surface area contributed by atoms with Gasteiger partial charge < -0.3 is 4.90 Å². The number of aromatic nitrogens is 1. The molecule has 32 heavy (non-hydrogen) atoms. The second-order valence-electron chi connectivity index (χ2n) is 8.86. The Balaban J connectivity index is 1.46. The Kier molecular flexibility index (Phi) is 6.93. The van der Waals surface area contributed by atoms with Crippen LogP contribution in [0.1, 0.15) is 47.7 Å². The average Bonchev–Trinajstić information content (AvgIpc) is 2.80. The number of hydrogen-bond acceptors (Lipinski definition) is 5. The molecule has 172 valence electrons. The van der Waals surface area contributed by atoms with Gasteiger partial charge in [0.05, 0.1) is 4.90 Å². The molecule has 0 saturated carbocycles. The van der Waals surface area contributed by atoms with Crippen molar-refractivity contribution in [1.82, 2.24) is 19.1 Å². The molecular formula is C24H32N4O3S. The summed E-state index contributed by atoms with van der Waals surface area (Å²) in [5.74, 6) is -0.0881. The smallest absolute Gasteiger partial charge is 0.254 e. The predicted molar refractivity (Wildman–Crippen MR) is 124 cm³/mol. The van der Waals surface area contributed by atoms with Gasteiger partial charge in [-0.25, -0.2) is 8.42 Å². The van der Waals surface area contributed by atoms with E-state index >= 15 is 0 Å². The third kappa shape index (κ3) is 4.87. The van der Waals surface area contributed by atoms with Crippen LogP contribution in [0.2, 0.25) is 0 Å². The van der Waals surface area contributed by atoms with Crippen molar-refractivity contribution in [3.63, 3.8) is 0 Å². The molecule has 2 aromatic rings. The molecule has 2 fully saturated rings. The van der Waals surface area contributed by atoms with Gasteiger partial charge in [-0.3, -0.25) is 14.7 Å². The molecule has 2 aliphatic rings. The Bertz CT molecular complexity index is 1050. The highest BCUT2D eigenvalue weighted by Crippen LogP contribution is 2.27. The van der Waals surface area contributed by atoms with Crippen molar-refractivity contribution in [1.29, 1.82) is 0 Å². The number of carbonyl (C=O) groups is 1. The maximum atomic E-state index is 13.3. The Morgan fingerprint density at radius 2 is 1.75 bits per heavy atom. The molecule has 1 amide bonds. The topological polar surface area (TPSA) is 73.8 Å².